The molecule has 0 amide bonds. The number of carbonyl (C=O) groups excluding carboxylic acids is 1. The van der Waals surface area contributed by atoms with Crippen molar-refractivity contribution < 1.29 is 17.9 Å². The van der Waals surface area contributed by atoms with Gasteiger partial charge in [-0.25, -0.2) is 8.42 Å². The number of ether oxygens (including phenoxy) is 1. The standard InChI is InChI=1S/C12H23NO4S/c1-18(15,16)9-7-11(13)12(14)6-2-4-10-5-3-8-17-10/h10-11H,2-9,13H2,1H3. The first-order valence-electron chi connectivity index (χ1n) is 6.46. The Labute approximate surface area is 109 Å². The molecule has 6 heteroatoms. The van der Waals surface area contributed by atoms with Gasteiger partial charge in [0.25, 0.3) is 0 Å². The Hall–Kier alpha value is -0.460. The summed E-state index contributed by atoms with van der Waals surface area (Å²) in [5.74, 6) is -0.0670. The third-order valence-electron chi connectivity index (χ3n) is 3.19. The van der Waals surface area contributed by atoms with Gasteiger partial charge >= 0.3 is 0 Å². The number of ketones is 1. The van der Waals surface area contributed by atoms with E-state index in [1.807, 2.05) is 0 Å². The molecule has 2 N–H and O–H groups in total. The second kappa shape index (κ2) is 7.21. The number of hydrogen-bond donors (Lipinski definition) is 1. The van der Waals surface area contributed by atoms with Gasteiger partial charge in [0.15, 0.2) is 0 Å². The van der Waals surface area contributed by atoms with Crippen LogP contribution in [0.25, 0.3) is 0 Å². The van der Waals surface area contributed by atoms with E-state index in [1.54, 1.807) is 0 Å². The van der Waals surface area contributed by atoms with Crippen LogP contribution in [0.3, 0.4) is 0 Å². The van der Waals surface area contributed by atoms with E-state index in [0.717, 1.165) is 38.5 Å². The van der Waals surface area contributed by atoms with E-state index in [1.165, 1.54) is 0 Å². The zero-order valence-corrected chi connectivity index (χ0v) is 11.7. The van der Waals surface area contributed by atoms with Crippen molar-refractivity contribution in [2.45, 2.75) is 50.7 Å². The van der Waals surface area contributed by atoms with Gasteiger partial charge in [-0.2, -0.15) is 0 Å². The average Bonchev–Trinajstić information content (AvgIpc) is 2.77. The largest absolute Gasteiger partial charge is 0.378 e. The summed E-state index contributed by atoms with van der Waals surface area (Å²) < 4.78 is 27.4. The van der Waals surface area contributed by atoms with Gasteiger partial charge in [-0.15, -0.1) is 0 Å². The lowest BCUT2D eigenvalue weighted by Crippen LogP contribution is -2.32. The van der Waals surface area contributed by atoms with Crippen molar-refractivity contribution in [2.24, 2.45) is 5.73 Å². The maximum absolute atomic E-state index is 11.7. The Morgan fingerprint density at radius 1 is 1.50 bits per heavy atom. The summed E-state index contributed by atoms with van der Waals surface area (Å²) in [6.07, 6.45) is 5.94. The molecule has 0 aromatic rings. The molecule has 0 aliphatic carbocycles. The van der Waals surface area contributed by atoms with Gasteiger partial charge in [0.1, 0.15) is 15.6 Å². The summed E-state index contributed by atoms with van der Waals surface area (Å²) in [6.45, 7) is 0.826. The van der Waals surface area contributed by atoms with Crippen molar-refractivity contribution in [3.05, 3.63) is 0 Å². The van der Waals surface area contributed by atoms with E-state index in [0.29, 0.717) is 12.5 Å². The van der Waals surface area contributed by atoms with Crippen LogP contribution in [0.2, 0.25) is 0 Å². The molecule has 5 nitrogen and oxygen atoms in total. The zero-order valence-electron chi connectivity index (χ0n) is 10.9. The highest BCUT2D eigenvalue weighted by atomic mass is 32.2. The van der Waals surface area contributed by atoms with E-state index in [2.05, 4.69) is 0 Å². The molecule has 0 radical (unpaired) electrons. The number of carbonyl (C=O) groups is 1. The maximum Gasteiger partial charge on any atom is 0.149 e. The highest BCUT2D eigenvalue weighted by Gasteiger charge is 2.18. The number of Topliss-reactive ketones (excluding diaryl/α,β-unsaturated/α-hetero) is 1. The van der Waals surface area contributed by atoms with E-state index in [-0.39, 0.29) is 18.0 Å². The second-order valence-corrected chi connectivity index (χ2v) is 7.28. The predicted octanol–water partition coefficient (Wildman–Crippen LogP) is 0.667. The number of nitrogens with two attached hydrogens (primary N) is 1. The summed E-state index contributed by atoms with van der Waals surface area (Å²) >= 11 is 0. The topological polar surface area (TPSA) is 86.5 Å². The van der Waals surface area contributed by atoms with E-state index < -0.39 is 15.9 Å². The first-order chi connectivity index (χ1) is 8.38. The fourth-order valence-corrected chi connectivity index (χ4v) is 2.75. The third-order valence-corrected chi connectivity index (χ3v) is 4.16. The lowest BCUT2D eigenvalue weighted by molar-refractivity contribution is -0.120. The van der Waals surface area contributed by atoms with Gasteiger partial charge < -0.3 is 10.5 Å². The Kier molecular flexibility index (Phi) is 6.25. The van der Waals surface area contributed by atoms with Crippen molar-refractivity contribution in [3.8, 4) is 0 Å². The van der Waals surface area contributed by atoms with Crippen LogP contribution in [0.15, 0.2) is 0 Å². The average molecular weight is 277 g/mol. The Morgan fingerprint density at radius 2 is 2.22 bits per heavy atom. The van der Waals surface area contributed by atoms with Crippen LogP contribution in [0.1, 0.15) is 38.5 Å². The maximum atomic E-state index is 11.7. The van der Waals surface area contributed by atoms with Crippen LogP contribution in [0, 0.1) is 0 Å². The van der Waals surface area contributed by atoms with Crippen LogP contribution < -0.4 is 5.73 Å². The first kappa shape index (κ1) is 15.6. The van der Waals surface area contributed by atoms with E-state index >= 15 is 0 Å². The molecule has 0 spiro atoms. The number of hydrogen-bond acceptors (Lipinski definition) is 5. The minimum atomic E-state index is -3.04. The minimum Gasteiger partial charge on any atom is -0.378 e. The molecule has 1 aliphatic rings. The van der Waals surface area contributed by atoms with Crippen LogP contribution in [0.4, 0.5) is 0 Å². The molecule has 106 valence electrons. The molecule has 1 rings (SSSR count). The SMILES string of the molecule is CS(=O)(=O)CCC(N)C(=O)CCCC1CCCO1. The molecular formula is C12H23NO4S. The van der Waals surface area contributed by atoms with Gasteiger partial charge in [0, 0.05) is 19.3 Å². The molecule has 2 unspecified atom stereocenters. The van der Waals surface area contributed by atoms with Gasteiger partial charge in [-0.1, -0.05) is 0 Å². The molecule has 1 saturated heterocycles. The van der Waals surface area contributed by atoms with Crippen molar-refractivity contribution >= 4 is 15.6 Å². The van der Waals surface area contributed by atoms with E-state index in [4.69, 9.17) is 10.5 Å². The van der Waals surface area contributed by atoms with Gasteiger partial charge in [0.2, 0.25) is 0 Å². The fraction of sp³-hybridized carbons (Fsp3) is 0.917. The summed E-state index contributed by atoms with van der Waals surface area (Å²) in [5, 5.41) is 0. The van der Waals surface area contributed by atoms with Crippen molar-refractivity contribution in [2.75, 3.05) is 18.6 Å². The predicted molar refractivity (Wildman–Crippen MR) is 70.1 cm³/mol. The second-order valence-electron chi connectivity index (χ2n) is 5.02. The molecule has 0 aromatic heterocycles. The quantitative estimate of drug-likeness (QED) is 0.704. The third kappa shape index (κ3) is 6.47. The highest BCUT2D eigenvalue weighted by Crippen LogP contribution is 2.17. The summed E-state index contributed by atoms with van der Waals surface area (Å²) in [4.78, 5) is 11.7. The highest BCUT2D eigenvalue weighted by molar-refractivity contribution is 7.90. The van der Waals surface area contributed by atoms with Crippen molar-refractivity contribution in [1.29, 1.82) is 0 Å². The van der Waals surface area contributed by atoms with Crippen molar-refractivity contribution in [1.82, 2.24) is 0 Å². The Bertz CT molecular complexity index is 360. The minimum absolute atomic E-state index is 0.0222. The van der Waals surface area contributed by atoms with Gasteiger partial charge in [-0.05, 0) is 32.1 Å². The number of rotatable bonds is 8. The zero-order chi connectivity index (χ0) is 13.6. The van der Waals surface area contributed by atoms with Crippen LogP contribution >= 0.6 is 0 Å². The molecule has 1 fully saturated rings. The molecule has 0 saturated carbocycles. The molecule has 2 atom stereocenters. The van der Waals surface area contributed by atoms with Gasteiger partial charge in [-0.3, -0.25) is 4.79 Å². The fourth-order valence-electron chi connectivity index (χ4n) is 2.06. The van der Waals surface area contributed by atoms with Crippen LogP contribution in [-0.2, 0) is 19.4 Å². The Morgan fingerprint density at radius 3 is 2.78 bits per heavy atom. The van der Waals surface area contributed by atoms with E-state index in [9.17, 15) is 13.2 Å². The van der Waals surface area contributed by atoms with Crippen molar-refractivity contribution in [3.63, 3.8) is 0 Å². The van der Waals surface area contributed by atoms with Crippen LogP contribution in [-0.4, -0.2) is 45.0 Å². The smallest absolute Gasteiger partial charge is 0.149 e. The molecule has 1 aliphatic heterocycles. The molecule has 0 aromatic carbocycles. The van der Waals surface area contributed by atoms with Gasteiger partial charge in [0.05, 0.1) is 17.9 Å². The monoisotopic (exact) mass is 277 g/mol. The number of sulfone groups is 1. The summed E-state index contributed by atoms with van der Waals surface area (Å²) in [5.41, 5.74) is 5.67. The first-order valence-corrected chi connectivity index (χ1v) is 8.52. The molecule has 0 bridgehead atoms. The molecule has 18 heavy (non-hydrogen) atoms. The molecular weight excluding hydrogens is 254 g/mol. The normalized spacial score (nSPS) is 22.0. The van der Waals surface area contributed by atoms with Crippen LogP contribution in [0.5, 0.6) is 0 Å². The summed E-state index contributed by atoms with van der Waals surface area (Å²) in [6, 6.07) is -0.649. The lowest BCUT2D eigenvalue weighted by Gasteiger charge is -2.11. The Balaban J connectivity index is 2.14. The summed E-state index contributed by atoms with van der Waals surface area (Å²) in [7, 11) is -3.04. The lowest BCUT2D eigenvalue weighted by atomic mass is 10.0. The molecule has 1 heterocycles.